The van der Waals surface area contributed by atoms with Crippen molar-refractivity contribution >= 4 is 28.7 Å². The first-order valence-electron chi connectivity index (χ1n) is 10.0. The molecular formula is C25H21N3OS2. The third-order valence-corrected chi connectivity index (χ3v) is 7.02. The van der Waals surface area contributed by atoms with Crippen molar-refractivity contribution in [1.29, 1.82) is 5.26 Å². The molecular weight excluding hydrogens is 422 g/mol. The fourth-order valence-electron chi connectivity index (χ4n) is 4.27. The standard InChI is InChI=1S/C25H21N3OS2/c26-11-21-23(19-7-9-31-16-19)22-14-28(12-17-4-2-1-3-5-17)13-20(24(22)29-25(21)27)10-18-6-8-30-15-18/h1-10,15-16,23H,12-14,27H2/b20-10+. The monoisotopic (exact) mass is 443 g/mol. The van der Waals surface area contributed by atoms with Crippen LogP contribution >= 0.6 is 22.7 Å². The van der Waals surface area contributed by atoms with E-state index in [4.69, 9.17) is 10.5 Å². The largest absolute Gasteiger partial charge is 0.440 e. The molecule has 2 aliphatic heterocycles. The van der Waals surface area contributed by atoms with Gasteiger partial charge in [0, 0.05) is 25.2 Å². The molecule has 4 nitrogen and oxygen atoms in total. The highest BCUT2D eigenvalue weighted by molar-refractivity contribution is 7.08. The van der Waals surface area contributed by atoms with Gasteiger partial charge in [-0.05, 0) is 62.0 Å². The first kappa shape index (κ1) is 19.8. The van der Waals surface area contributed by atoms with E-state index in [1.54, 1.807) is 22.7 Å². The van der Waals surface area contributed by atoms with Crippen LogP contribution in [0.1, 0.15) is 22.6 Å². The van der Waals surface area contributed by atoms with Crippen LogP contribution < -0.4 is 5.73 Å². The van der Waals surface area contributed by atoms with Gasteiger partial charge < -0.3 is 10.5 Å². The number of nitriles is 1. The van der Waals surface area contributed by atoms with Crippen LogP contribution in [0.4, 0.5) is 0 Å². The maximum absolute atomic E-state index is 9.88. The maximum atomic E-state index is 9.88. The summed E-state index contributed by atoms with van der Waals surface area (Å²) in [5, 5.41) is 18.2. The van der Waals surface area contributed by atoms with Crippen LogP contribution in [-0.4, -0.2) is 18.0 Å². The number of nitrogens with two attached hydrogens (primary N) is 1. The van der Waals surface area contributed by atoms with Gasteiger partial charge in [0.1, 0.15) is 17.4 Å². The molecule has 1 aromatic carbocycles. The van der Waals surface area contributed by atoms with Crippen LogP contribution in [0.15, 0.2) is 92.3 Å². The molecule has 4 heterocycles. The minimum atomic E-state index is -0.176. The second-order valence-electron chi connectivity index (χ2n) is 7.69. The topological polar surface area (TPSA) is 62.3 Å². The molecule has 3 aromatic rings. The summed E-state index contributed by atoms with van der Waals surface area (Å²) < 4.78 is 6.11. The van der Waals surface area contributed by atoms with E-state index in [1.165, 1.54) is 5.56 Å². The minimum Gasteiger partial charge on any atom is -0.440 e. The Morgan fingerprint density at radius 1 is 1.10 bits per heavy atom. The second kappa shape index (κ2) is 8.56. The van der Waals surface area contributed by atoms with E-state index in [1.807, 2.05) is 11.4 Å². The molecule has 5 rings (SSSR count). The molecule has 31 heavy (non-hydrogen) atoms. The Hall–Kier alpha value is -3.11. The number of benzene rings is 1. The third-order valence-electron chi connectivity index (χ3n) is 5.62. The van der Waals surface area contributed by atoms with Gasteiger partial charge in [-0.25, -0.2) is 0 Å². The zero-order valence-electron chi connectivity index (χ0n) is 16.8. The number of nitrogens with zero attached hydrogens (tertiary/aromatic N) is 2. The second-order valence-corrected chi connectivity index (χ2v) is 9.25. The van der Waals surface area contributed by atoms with E-state index in [9.17, 15) is 5.26 Å². The summed E-state index contributed by atoms with van der Waals surface area (Å²) in [4.78, 5) is 2.41. The molecule has 1 atom stereocenters. The quantitative estimate of drug-likeness (QED) is 0.581. The van der Waals surface area contributed by atoms with Crippen LogP contribution in [0, 0.1) is 11.3 Å². The van der Waals surface area contributed by atoms with E-state index in [-0.39, 0.29) is 11.8 Å². The molecule has 0 bridgehead atoms. The molecule has 2 aliphatic rings. The zero-order valence-corrected chi connectivity index (χ0v) is 18.5. The van der Waals surface area contributed by atoms with Gasteiger partial charge in [0.2, 0.25) is 5.88 Å². The lowest BCUT2D eigenvalue weighted by Gasteiger charge is -2.38. The van der Waals surface area contributed by atoms with Gasteiger partial charge in [-0.15, -0.1) is 0 Å². The molecule has 0 radical (unpaired) electrons. The smallest absolute Gasteiger partial charge is 0.205 e. The van der Waals surface area contributed by atoms with Crippen molar-refractivity contribution in [3.05, 3.63) is 109 Å². The molecule has 0 fully saturated rings. The fraction of sp³-hybridized carbons (Fsp3) is 0.160. The van der Waals surface area contributed by atoms with Crippen molar-refractivity contribution in [2.24, 2.45) is 5.73 Å². The molecule has 0 aliphatic carbocycles. The predicted octanol–water partition coefficient (Wildman–Crippen LogP) is 5.47. The molecule has 2 aromatic heterocycles. The Kier molecular flexibility index (Phi) is 5.47. The molecule has 0 amide bonds. The third kappa shape index (κ3) is 3.96. The Bertz CT molecular complexity index is 1200. The summed E-state index contributed by atoms with van der Waals surface area (Å²) in [6.45, 7) is 2.31. The lowest BCUT2D eigenvalue weighted by Crippen LogP contribution is -2.37. The van der Waals surface area contributed by atoms with Crippen LogP contribution in [0.2, 0.25) is 0 Å². The van der Waals surface area contributed by atoms with Crippen LogP contribution in [0.3, 0.4) is 0 Å². The summed E-state index contributed by atoms with van der Waals surface area (Å²) >= 11 is 3.30. The number of hydrogen-bond acceptors (Lipinski definition) is 6. The lowest BCUT2D eigenvalue weighted by molar-refractivity contribution is 0.230. The lowest BCUT2D eigenvalue weighted by atomic mass is 9.81. The highest BCUT2D eigenvalue weighted by atomic mass is 32.1. The van der Waals surface area contributed by atoms with Crippen molar-refractivity contribution in [1.82, 2.24) is 4.90 Å². The van der Waals surface area contributed by atoms with E-state index in [0.29, 0.717) is 5.57 Å². The van der Waals surface area contributed by atoms with Gasteiger partial charge in [0.05, 0.1) is 5.92 Å². The average Bonchev–Trinajstić information content (AvgIpc) is 3.48. The first-order valence-corrected chi connectivity index (χ1v) is 11.9. The average molecular weight is 444 g/mol. The van der Waals surface area contributed by atoms with Crippen LogP contribution in [-0.2, 0) is 11.3 Å². The van der Waals surface area contributed by atoms with Gasteiger partial charge >= 0.3 is 0 Å². The molecule has 0 spiro atoms. The highest BCUT2D eigenvalue weighted by Crippen LogP contribution is 2.44. The summed E-state index contributed by atoms with van der Waals surface area (Å²) in [6, 6.07) is 17.0. The molecule has 1 unspecified atom stereocenters. The summed E-state index contributed by atoms with van der Waals surface area (Å²) in [6.07, 6.45) is 2.18. The Balaban J connectivity index is 1.60. The van der Waals surface area contributed by atoms with E-state index >= 15 is 0 Å². The van der Waals surface area contributed by atoms with Gasteiger partial charge in [0.15, 0.2) is 0 Å². The van der Waals surface area contributed by atoms with Crippen LogP contribution in [0.5, 0.6) is 0 Å². The SMILES string of the molecule is N#CC1=C(N)OC2=C(CN(Cc3ccccc3)C/C2=C\c2ccsc2)C1c1ccsc1. The van der Waals surface area contributed by atoms with Gasteiger partial charge in [-0.3, -0.25) is 4.90 Å². The number of allylic oxidation sites excluding steroid dienone is 1. The Labute approximate surface area is 189 Å². The highest BCUT2D eigenvalue weighted by Gasteiger charge is 2.37. The first-order chi connectivity index (χ1) is 15.2. The zero-order chi connectivity index (χ0) is 21.2. The number of hydrogen-bond donors (Lipinski definition) is 1. The van der Waals surface area contributed by atoms with E-state index in [0.717, 1.165) is 47.7 Å². The van der Waals surface area contributed by atoms with Gasteiger partial charge in [0.25, 0.3) is 0 Å². The van der Waals surface area contributed by atoms with Crippen molar-refractivity contribution in [2.75, 3.05) is 13.1 Å². The summed E-state index contributed by atoms with van der Waals surface area (Å²) in [7, 11) is 0. The summed E-state index contributed by atoms with van der Waals surface area (Å²) in [5.41, 5.74) is 12.5. The summed E-state index contributed by atoms with van der Waals surface area (Å²) in [5.74, 6) is 0.859. The molecule has 6 heteroatoms. The maximum Gasteiger partial charge on any atom is 0.205 e. The van der Waals surface area contributed by atoms with Crippen LogP contribution in [0.25, 0.3) is 6.08 Å². The predicted molar refractivity (Wildman–Crippen MR) is 126 cm³/mol. The van der Waals surface area contributed by atoms with Crippen molar-refractivity contribution in [3.63, 3.8) is 0 Å². The molecule has 2 N–H and O–H groups in total. The van der Waals surface area contributed by atoms with Gasteiger partial charge in [-0.1, -0.05) is 30.3 Å². The fourth-order valence-corrected chi connectivity index (χ4v) is 5.58. The van der Waals surface area contributed by atoms with Crippen molar-refractivity contribution in [2.45, 2.75) is 12.5 Å². The molecule has 154 valence electrons. The van der Waals surface area contributed by atoms with E-state index < -0.39 is 0 Å². The minimum absolute atomic E-state index is 0.176. The Morgan fingerprint density at radius 2 is 1.90 bits per heavy atom. The number of ether oxygens (including phenoxy) is 1. The van der Waals surface area contributed by atoms with E-state index in [2.05, 4.69) is 69.6 Å². The molecule has 0 saturated heterocycles. The molecule has 0 saturated carbocycles. The Morgan fingerprint density at radius 3 is 2.61 bits per heavy atom. The number of thiophene rings is 2. The number of rotatable bonds is 4. The van der Waals surface area contributed by atoms with Gasteiger partial charge in [-0.2, -0.15) is 27.9 Å². The van der Waals surface area contributed by atoms with Crippen molar-refractivity contribution < 1.29 is 4.74 Å². The normalized spacial score (nSPS) is 20.5. The van der Waals surface area contributed by atoms with Crippen molar-refractivity contribution in [3.8, 4) is 6.07 Å².